The molecule has 0 aliphatic carbocycles. The van der Waals surface area contributed by atoms with Crippen LogP contribution in [0.4, 0.5) is 0 Å². The van der Waals surface area contributed by atoms with Crippen molar-refractivity contribution in [2.45, 2.75) is 65.0 Å². The zero-order valence-corrected chi connectivity index (χ0v) is 13.0. The molecule has 1 heterocycles. The number of hydrogen-bond donors (Lipinski definition) is 2. The number of aliphatic imine (C=N–C) groups is 1. The highest BCUT2D eigenvalue weighted by Crippen LogP contribution is 2.14. The van der Waals surface area contributed by atoms with Gasteiger partial charge < -0.3 is 15.4 Å². The summed E-state index contributed by atoms with van der Waals surface area (Å²) < 4.78 is 5.61. The van der Waals surface area contributed by atoms with E-state index in [0.717, 1.165) is 31.4 Å². The first-order valence-electron chi connectivity index (χ1n) is 7.70. The van der Waals surface area contributed by atoms with E-state index in [4.69, 9.17) is 4.74 Å². The van der Waals surface area contributed by atoms with Gasteiger partial charge in [-0.25, -0.2) is 0 Å². The van der Waals surface area contributed by atoms with Crippen molar-refractivity contribution in [3.63, 3.8) is 0 Å². The van der Waals surface area contributed by atoms with Crippen LogP contribution in [0.25, 0.3) is 0 Å². The quantitative estimate of drug-likeness (QED) is 0.551. The summed E-state index contributed by atoms with van der Waals surface area (Å²) in [5, 5.41) is 6.82. The molecule has 0 bridgehead atoms. The average molecular weight is 269 g/mol. The number of nitrogens with one attached hydrogen (secondary N) is 2. The van der Waals surface area contributed by atoms with Crippen LogP contribution in [0.15, 0.2) is 4.99 Å². The smallest absolute Gasteiger partial charge is 0.191 e. The Labute approximate surface area is 118 Å². The Hall–Kier alpha value is -0.770. The standard InChI is InChI=1S/C15H31N3O/c1-12(2)7-8-13(3)18-15(16-4)17-10-9-14-6-5-11-19-14/h12-14H,5-11H2,1-4H3,(H2,16,17,18). The Balaban J connectivity index is 2.14. The highest BCUT2D eigenvalue weighted by Gasteiger charge is 2.15. The molecule has 4 nitrogen and oxygen atoms in total. The molecule has 19 heavy (non-hydrogen) atoms. The molecule has 0 aromatic heterocycles. The maximum atomic E-state index is 5.61. The molecule has 0 radical (unpaired) electrons. The van der Waals surface area contributed by atoms with E-state index < -0.39 is 0 Å². The zero-order valence-electron chi connectivity index (χ0n) is 13.0. The summed E-state index contributed by atoms with van der Waals surface area (Å²) in [5.74, 6) is 1.67. The summed E-state index contributed by atoms with van der Waals surface area (Å²) in [4.78, 5) is 4.27. The highest BCUT2D eigenvalue weighted by molar-refractivity contribution is 5.79. The van der Waals surface area contributed by atoms with Crippen molar-refractivity contribution >= 4 is 5.96 Å². The van der Waals surface area contributed by atoms with Gasteiger partial charge in [0, 0.05) is 26.2 Å². The maximum Gasteiger partial charge on any atom is 0.191 e. The second-order valence-corrected chi connectivity index (χ2v) is 5.94. The van der Waals surface area contributed by atoms with Gasteiger partial charge >= 0.3 is 0 Å². The minimum Gasteiger partial charge on any atom is -0.378 e. The highest BCUT2D eigenvalue weighted by atomic mass is 16.5. The molecule has 2 unspecified atom stereocenters. The van der Waals surface area contributed by atoms with Gasteiger partial charge in [0.05, 0.1) is 6.10 Å². The van der Waals surface area contributed by atoms with Gasteiger partial charge in [-0.05, 0) is 44.9 Å². The first kappa shape index (κ1) is 16.3. The Bertz CT molecular complexity index is 260. The molecule has 0 amide bonds. The number of ether oxygens (including phenoxy) is 1. The molecule has 0 saturated carbocycles. The van der Waals surface area contributed by atoms with Crippen LogP contribution in [0.1, 0.15) is 52.9 Å². The monoisotopic (exact) mass is 269 g/mol. The number of guanidine groups is 1. The minimum atomic E-state index is 0.448. The predicted octanol–water partition coefficient (Wildman–Crippen LogP) is 2.55. The fraction of sp³-hybridized carbons (Fsp3) is 0.933. The number of nitrogens with zero attached hydrogens (tertiary/aromatic N) is 1. The lowest BCUT2D eigenvalue weighted by atomic mass is 10.0. The van der Waals surface area contributed by atoms with E-state index in [1.165, 1.54) is 25.7 Å². The third kappa shape index (κ3) is 7.41. The molecule has 4 heteroatoms. The van der Waals surface area contributed by atoms with Crippen molar-refractivity contribution in [3.05, 3.63) is 0 Å². The van der Waals surface area contributed by atoms with Crippen molar-refractivity contribution in [2.75, 3.05) is 20.2 Å². The number of rotatable bonds is 7. The van der Waals surface area contributed by atoms with Gasteiger partial charge in [-0.2, -0.15) is 0 Å². The summed E-state index contributed by atoms with van der Waals surface area (Å²) >= 11 is 0. The molecule has 1 saturated heterocycles. The van der Waals surface area contributed by atoms with Crippen LogP contribution in [0.2, 0.25) is 0 Å². The number of hydrogen-bond acceptors (Lipinski definition) is 2. The molecule has 0 aromatic carbocycles. The Morgan fingerprint density at radius 2 is 2.11 bits per heavy atom. The first-order valence-corrected chi connectivity index (χ1v) is 7.70. The normalized spacial score (nSPS) is 21.7. The Kier molecular flexibility index (Phi) is 7.87. The predicted molar refractivity (Wildman–Crippen MR) is 81.6 cm³/mol. The van der Waals surface area contributed by atoms with Crippen LogP contribution in [0.5, 0.6) is 0 Å². The van der Waals surface area contributed by atoms with Gasteiger partial charge in [0.1, 0.15) is 0 Å². The summed E-state index contributed by atoms with van der Waals surface area (Å²) in [6.45, 7) is 8.61. The molecule has 1 fully saturated rings. The fourth-order valence-electron chi connectivity index (χ4n) is 2.31. The molecule has 1 rings (SSSR count). The molecular formula is C15H31N3O. The van der Waals surface area contributed by atoms with Gasteiger partial charge in [-0.1, -0.05) is 13.8 Å². The summed E-state index contributed by atoms with van der Waals surface area (Å²) in [6, 6.07) is 0.469. The van der Waals surface area contributed by atoms with Crippen LogP contribution in [-0.2, 0) is 4.74 Å². The third-order valence-electron chi connectivity index (χ3n) is 3.57. The second kappa shape index (κ2) is 9.18. The maximum absolute atomic E-state index is 5.61. The van der Waals surface area contributed by atoms with Gasteiger partial charge in [-0.3, -0.25) is 4.99 Å². The topological polar surface area (TPSA) is 45.7 Å². The van der Waals surface area contributed by atoms with Gasteiger partial charge in [-0.15, -0.1) is 0 Å². The van der Waals surface area contributed by atoms with Crippen LogP contribution in [0.3, 0.4) is 0 Å². The van der Waals surface area contributed by atoms with Crippen molar-refractivity contribution in [2.24, 2.45) is 10.9 Å². The molecular weight excluding hydrogens is 238 g/mol. The SMILES string of the molecule is CN=C(NCCC1CCCO1)NC(C)CCC(C)C. The summed E-state index contributed by atoms with van der Waals surface area (Å²) in [5.41, 5.74) is 0. The van der Waals surface area contributed by atoms with E-state index in [0.29, 0.717) is 12.1 Å². The van der Waals surface area contributed by atoms with Gasteiger partial charge in [0.15, 0.2) is 5.96 Å². The van der Waals surface area contributed by atoms with Crippen LogP contribution < -0.4 is 10.6 Å². The van der Waals surface area contributed by atoms with E-state index in [2.05, 4.69) is 36.4 Å². The van der Waals surface area contributed by atoms with Crippen molar-refractivity contribution in [3.8, 4) is 0 Å². The van der Waals surface area contributed by atoms with Crippen LogP contribution in [0, 0.1) is 5.92 Å². The van der Waals surface area contributed by atoms with Crippen molar-refractivity contribution in [1.82, 2.24) is 10.6 Å². The molecule has 0 spiro atoms. The minimum absolute atomic E-state index is 0.448. The molecule has 1 aliphatic rings. The van der Waals surface area contributed by atoms with Gasteiger partial charge in [0.25, 0.3) is 0 Å². The third-order valence-corrected chi connectivity index (χ3v) is 3.57. The lowest BCUT2D eigenvalue weighted by Gasteiger charge is -2.19. The second-order valence-electron chi connectivity index (χ2n) is 5.94. The van der Waals surface area contributed by atoms with Crippen molar-refractivity contribution in [1.29, 1.82) is 0 Å². The molecule has 0 aromatic rings. The first-order chi connectivity index (χ1) is 9.11. The largest absolute Gasteiger partial charge is 0.378 e. The molecule has 1 aliphatic heterocycles. The fourth-order valence-corrected chi connectivity index (χ4v) is 2.31. The van der Waals surface area contributed by atoms with E-state index in [1.54, 1.807) is 0 Å². The zero-order chi connectivity index (χ0) is 14.1. The Morgan fingerprint density at radius 3 is 2.68 bits per heavy atom. The lowest BCUT2D eigenvalue weighted by Crippen LogP contribution is -2.43. The summed E-state index contributed by atoms with van der Waals surface area (Å²) in [6.07, 6.45) is 6.37. The Morgan fingerprint density at radius 1 is 1.32 bits per heavy atom. The molecule has 2 atom stereocenters. The average Bonchev–Trinajstić information content (AvgIpc) is 2.88. The lowest BCUT2D eigenvalue weighted by molar-refractivity contribution is 0.105. The van der Waals surface area contributed by atoms with Crippen LogP contribution >= 0.6 is 0 Å². The molecule has 2 N–H and O–H groups in total. The molecule has 112 valence electrons. The van der Waals surface area contributed by atoms with E-state index in [1.807, 2.05) is 7.05 Å². The van der Waals surface area contributed by atoms with Crippen LogP contribution in [-0.4, -0.2) is 38.3 Å². The van der Waals surface area contributed by atoms with E-state index in [-0.39, 0.29) is 0 Å². The van der Waals surface area contributed by atoms with Gasteiger partial charge in [0.2, 0.25) is 0 Å². The van der Waals surface area contributed by atoms with E-state index >= 15 is 0 Å². The summed E-state index contributed by atoms with van der Waals surface area (Å²) in [7, 11) is 1.83. The van der Waals surface area contributed by atoms with E-state index in [9.17, 15) is 0 Å². The van der Waals surface area contributed by atoms with Crippen molar-refractivity contribution < 1.29 is 4.74 Å².